The second-order valence-corrected chi connectivity index (χ2v) is 6.67. The van der Waals surface area contributed by atoms with Crippen molar-refractivity contribution in [3.63, 3.8) is 0 Å². The van der Waals surface area contributed by atoms with Gasteiger partial charge in [0.05, 0.1) is 11.4 Å². The van der Waals surface area contributed by atoms with E-state index in [1.165, 1.54) is 18.2 Å². The minimum Gasteiger partial charge on any atom is -0.459 e. The molecule has 2 rings (SSSR count). The van der Waals surface area contributed by atoms with Crippen molar-refractivity contribution in [2.75, 3.05) is 0 Å². The molecule has 4 nitrogen and oxygen atoms in total. The van der Waals surface area contributed by atoms with Gasteiger partial charge in [0.15, 0.2) is 0 Å². The van der Waals surface area contributed by atoms with Gasteiger partial charge in [-0.05, 0) is 23.6 Å². The average molecular weight is 378 g/mol. The highest BCUT2D eigenvalue weighted by Gasteiger charge is 2.26. The highest BCUT2D eigenvalue weighted by atomic mass is 35.5. The van der Waals surface area contributed by atoms with Crippen LogP contribution in [0.2, 0.25) is 5.02 Å². The Labute approximate surface area is 157 Å². The van der Waals surface area contributed by atoms with Crippen molar-refractivity contribution >= 4 is 23.5 Å². The Morgan fingerprint density at radius 3 is 2.42 bits per heavy atom. The van der Waals surface area contributed by atoms with Gasteiger partial charge < -0.3 is 10.1 Å². The molecule has 2 aromatic carbocycles. The molecule has 0 fully saturated rings. The summed E-state index contributed by atoms with van der Waals surface area (Å²) >= 11 is 5.93. The molecule has 0 unspecified atom stereocenters. The maximum absolute atomic E-state index is 13.8. The van der Waals surface area contributed by atoms with Gasteiger partial charge in [-0.2, -0.15) is 0 Å². The summed E-state index contributed by atoms with van der Waals surface area (Å²) in [4.78, 5) is 24.6. The van der Waals surface area contributed by atoms with E-state index in [-0.39, 0.29) is 35.4 Å². The average Bonchev–Trinajstić information content (AvgIpc) is 2.59. The molecule has 26 heavy (non-hydrogen) atoms. The van der Waals surface area contributed by atoms with Crippen molar-refractivity contribution in [1.29, 1.82) is 0 Å². The number of rotatable bonds is 7. The van der Waals surface area contributed by atoms with E-state index in [2.05, 4.69) is 5.32 Å². The van der Waals surface area contributed by atoms with Crippen molar-refractivity contribution in [1.82, 2.24) is 5.32 Å². The Hall–Kier alpha value is -2.40. The smallest absolute Gasteiger partial charge is 0.329 e. The molecule has 2 aromatic rings. The van der Waals surface area contributed by atoms with Crippen LogP contribution in [-0.4, -0.2) is 17.9 Å². The predicted octanol–water partition coefficient (Wildman–Crippen LogP) is 3.91. The lowest BCUT2D eigenvalue weighted by Crippen LogP contribution is -2.45. The number of amides is 1. The first-order valence-corrected chi connectivity index (χ1v) is 8.69. The standard InChI is InChI=1S/C20H21ClFNO3/c1-13(2)19(23-18(24)11-14-7-4-3-5-8-14)20(25)26-12-15-16(21)9-6-10-17(15)22/h3-10,13,19H,11-12H2,1-2H3,(H,23,24)/t19-/m0/s1. The van der Waals surface area contributed by atoms with Crippen LogP contribution in [0.25, 0.3) is 0 Å². The van der Waals surface area contributed by atoms with E-state index in [0.717, 1.165) is 5.56 Å². The Bertz CT molecular complexity index is 745. The van der Waals surface area contributed by atoms with Crippen LogP contribution in [0.3, 0.4) is 0 Å². The van der Waals surface area contributed by atoms with E-state index < -0.39 is 17.8 Å². The summed E-state index contributed by atoms with van der Waals surface area (Å²) in [5, 5.41) is 2.88. The molecule has 0 radical (unpaired) electrons. The first kappa shape index (κ1) is 19.9. The zero-order chi connectivity index (χ0) is 19.1. The number of hydrogen-bond acceptors (Lipinski definition) is 3. The molecule has 0 bridgehead atoms. The molecule has 1 amide bonds. The van der Waals surface area contributed by atoms with E-state index in [4.69, 9.17) is 16.3 Å². The Balaban J connectivity index is 1.97. The third kappa shape index (κ3) is 5.56. The second kappa shape index (κ2) is 9.34. The molecule has 0 aliphatic heterocycles. The highest BCUT2D eigenvalue weighted by molar-refractivity contribution is 6.31. The number of esters is 1. The number of benzene rings is 2. The largest absolute Gasteiger partial charge is 0.459 e. The predicted molar refractivity (Wildman–Crippen MR) is 98.1 cm³/mol. The molecule has 0 aliphatic rings. The summed E-state index contributed by atoms with van der Waals surface area (Å²) in [7, 11) is 0. The Morgan fingerprint density at radius 2 is 1.81 bits per heavy atom. The molecule has 0 spiro atoms. The van der Waals surface area contributed by atoms with Gasteiger partial charge in [0, 0.05) is 5.56 Å². The van der Waals surface area contributed by atoms with E-state index in [1.54, 1.807) is 13.8 Å². The van der Waals surface area contributed by atoms with Crippen LogP contribution < -0.4 is 5.32 Å². The van der Waals surface area contributed by atoms with Crippen molar-refractivity contribution in [2.45, 2.75) is 32.9 Å². The lowest BCUT2D eigenvalue weighted by molar-refractivity contribution is -0.150. The fraction of sp³-hybridized carbons (Fsp3) is 0.300. The van der Waals surface area contributed by atoms with Gasteiger partial charge >= 0.3 is 5.97 Å². The van der Waals surface area contributed by atoms with Gasteiger partial charge in [-0.3, -0.25) is 4.79 Å². The fourth-order valence-corrected chi connectivity index (χ4v) is 2.62. The third-order valence-corrected chi connectivity index (χ3v) is 4.22. The number of ether oxygens (including phenoxy) is 1. The molecule has 0 saturated carbocycles. The third-order valence-electron chi connectivity index (χ3n) is 3.87. The molecule has 0 saturated heterocycles. The quantitative estimate of drug-likeness (QED) is 0.744. The fourth-order valence-electron chi connectivity index (χ4n) is 2.41. The van der Waals surface area contributed by atoms with Crippen LogP contribution in [0.15, 0.2) is 48.5 Å². The minimum absolute atomic E-state index is 0.112. The number of carbonyl (C=O) groups excluding carboxylic acids is 2. The zero-order valence-electron chi connectivity index (χ0n) is 14.7. The van der Waals surface area contributed by atoms with Crippen LogP contribution >= 0.6 is 11.6 Å². The zero-order valence-corrected chi connectivity index (χ0v) is 15.4. The highest BCUT2D eigenvalue weighted by Crippen LogP contribution is 2.20. The van der Waals surface area contributed by atoms with Crippen molar-refractivity contribution in [3.05, 3.63) is 70.5 Å². The van der Waals surface area contributed by atoms with E-state index >= 15 is 0 Å². The minimum atomic E-state index is -0.822. The van der Waals surface area contributed by atoms with E-state index in [9.17, 15) is 14.0 Å². The Kier molecular flexibility index (Phi) is 7.16. The van der Waals surface area contributed by atoms with Crippen molar-refractivity contribution < 1.29 is 18.7 Å². The topological polar surface area (TPSA) is 55.4 Å². The van der Waals surface area contributed by atoms with Crippen molar-refractivity contribution in [3.8, 4) is 0 Å². The molecule has 1 N–H and O–H groups in total. The second-order valence-electron chi connectivity index (χ2n) is 6.26. The molecule has 0 heterocycles. The van der Waals surface area contributed by atoms with E-state index in [0.29, 0.717) is 0 Å². The van der Waals surface area contributed by atoms with E-state index in [1.807, 2.05) is 30.3 Å². The van der Waals surface area contributed by atoms with Gasteiger partial charge in [0.1, 0.15) is 18.5 Å². The lowest BCUT2D eigenvalue weighted by atomic mass is 10.0. The summed E-state index contributed by atoms with van der Waals surface area (Å²) in [5.74, 6) is -1.63. The molecule has 138 valence electrons. The first-order chi connectivity index (χ1) is 12.4. The lowest BCUT2D eigenvalue weighted by Gasteiger charge is -2.21. The molecular formula is C20H21ClFNO3. The first-order valence-electron chi connectivity index (χ1n) is 8.31. The van der Waals surface area contributed by atoms with Crippen LogP contribution in [-0.2, 0) is 27.4 Å². The molecule has 0 aliphatic carbocycles. The van der Waals surface area contributed by atoms with Gasteiger partial charge in [0.25, 0.3) is 0 Å². The number of carbonyl (C=O) groups is 2. The van der Waals surface area contributed by atoms with Crippen LogP contribution in [0.4, 0.5) is 4.39 Å². The van der Waals surface area contributed by atoms with Gasteiger partial charge in [-0.25, -0.2) is 9.18 Å². The van der Waals surface area contributed by atoms with Crippen LogP contribution in [0, 0.1) is 11.7 Å². The summed E-state index contributed by atoms with van der Waals surface area (Å²) < 4.78 is 19.0. The Morgan fingerprint density at radius 1 is 1.12 bits per heavy atom. The molecule has 1 atom stereocenters. The van der Waals surface area contributed by atoms with Gasteiger partial charge in [-0.1, -0.05) is 61.8 Å². The van der Waals surface area contributed by atoms with Crippen LogP contribution in [0.5, 0.6) is 0 Å². The molecule has 0 aromatic heterocycles. The summed E-state index contributed by atoms with van der Waals surface area (Å²) in [5.41, 5.74) is 0.958. The SMILES string of the molecule is CC(C)[C@H](NC(=O)Cc1ccccc1)C(=O)OCc1c(F)cccc1Cl. The summed E-state index contributed by atoms with van der Waals surface area (Å²) in [6.07, 6.45) is 0.163. The summed E-state index contributed by atoms with van der Waals surface area (Å²) in [6.45, 7) is 3.30. The van der Waals surface area contributed by atoms with Gasteiger partial charge in [-0.15, -0.1) is 0 Å². The van der Waals surface area contributed by atoms with Crippen molar-refractivity contribution in [2.24, 2.45) is 5.92 Å². The number of nitrogens with one attached hydrogen (secondary N) is 1. The van der Waals surface area contributed by atoms with Gasteiger partial charge in [0.2, 0.25) is 5.91 Å². The molecule has 6 heteroatoms. The monoisotopic (exact) mass is 377 g/mol. The maximum atomic E-state index is 13.8. The molecular weight excluding hydrogens is 357 g/mol. The summed E-state index contributed by atoms with van der Waals surface area (Å²) in [6, 6.07) is 12.6. The van der Waals surface area contributed by atoms with Crippen LogP contribution in [0.1, 0.15) is 25.0 Å². The maximum Gasteiger partial charge on any atom is 0.329 e. The number of halogens is 2. The normalized spacial score (nSPS) is 11.9. The number of hydrogen-bond donors (Lipinski definition) is 1.